The molecule has 0 aromatic carbocycles. The van der Waals surface area contributed by atoms with Crippen LogP contribution < -0.4 is 11.2 Å². The fourth-order valence-corrected chi connectivity index (χ4v) is 1.38. The Balaban J connectivity index is 2.27. The Kier molecular flexibility index (Phi) is 1.27. The lowest BCUT2D eigenvalue weighted by Gasteiger charge is -2.11. The molecule has 0 amide bonds. The van der Waals surface area contributed by atoms with E-state index < -0.39 is 0 Å². The van der Waals surface area contributed by atoms with Gasteiger partial charge in [-0.3, -0.25) is 10.0 Å². The van der Waals surface area contributed by atoms with Crippen molar-refractivity contribution in [1.82, 2.24) is 5.01 Å². The van der Waals surface area contributed by atoms with E-state index in [2.05, 4.69) is 10.3 Å². The number of quaternary nitrogens is 1. The molecule has 0 radical (unpaired) electrons. The summed E-state index contributed by atoms with van der Waals surface area (Å²) in [6, 6.07) is 0.494. The van der Waals surface area contributed by atoms with Gasteiger partial charge in [-0.15, -0.1) is 0 Å². The van der Waals surface area contributed by atoms with Gasteiger partial charge in [-0.1, -0.05) is 0 Å². The highest BCUT2D eigenvalue weighted by atomic mass is 15.5. The van der Waals surface area contributed by atoms with E-state index in [0.717, 1.165) is 5.70 Å². The third kappa shape index (κ3) is 0.948. The molecule has 60 valence electrons. The first-order valence-electron chi connectivity index (χ1n) is 3.80. The third-order valence-electron chi connectivity index (χ3n) is 2.30. The van der Waals surface area contributed by atoms with Crippen LogP contribution in [-0.4, -0.2) is 22.9 Å². The smallest absolute Gasteiger partial charge is 0.234 e. The molecule has 11 heavy (non-hydrogen) atoms. The molecule has 0 aromatic rings. The Morgan fingerprint density at radius 1 is 1.64 bits per heavy atom. The maximum Gasteiger partial charge on any atom is 0.234 e. The molecule has 2 aliphatic rings. The first-order valence-corrected chi connectivity index (χ1v) is 3.80. The summed E-state index contributed by atoms with van der Waals surface area (Å²) in [5.41, 5.74) is 2.20. The van der Waals surface area contributed by atoms with E-state index in [1.54, 1.807) is 5.01 Å². The summed E-state index contributed by atoms with van der Waals surface area (Å²) < 4.78 is 0. The second kappa shape index (κ2) is 2.06. The lowest BCUT2D eigenvalue weighted by molar-refractivity contribution is -0.521. The van der Waals surface area contributed by atoms with Gasteiger partial charge in [0.2, 0.25) is 12.2 Å². The SMILES string of the molecule is CC1=CN=C(C)C2[NH2+]C2N1N. The van der Waals surface area contributed by atoms with Crippen LogP contribution in [0.5, 0.6) is 0 Å². The molecule has 0 aliphatic carbocycles. The van der Waals surface area contributed by atoms with Crippen LogP contribution in [0.15, 0.2) is 16.9 Å². The minimum absolute atomic E-state index is 0.400. The van der Waals surface area contributed by atoms with Gasteiger partial charge >= 0.3 is 0 Å². The van der Waals surface area contributed by atoms with E-state index in [1.807, 2.05) is 20.0 Å². The van der Waals surface area contributed by atoms with Gasteiger partial charge in [0.25, 0.3) is 0 Å². The molecule has 0 spiro atoms. The number of nitrogens with zero attached hydrogens (tertiary/aromatic N) is 2. The molecule has 1 saturated heterocycles. The van der Waals surface area contributed by atoms with E-state index in [0.29, 0.717) is 12.2 Å². The van der Waals surface area contributed by atoms with Gasteiger partial charge in [-0.2, -0.15) is 0 Å². The van der Waals surface area contributed by atoms with Crippen molar-refractivity contribution in [1.29, 1.82) is 0 Å². The summed E-state index contributed by atoms with van der Waals surface area (Å²) in [6.07, 6.45) is 2.23. The molecule has 0 aromatic heterocycles. The molecule has 2 aliphatic heterocycles. The summed E-state index contributed by atoms with van der Waals surface area (Å²) >= 11 is 0. The fraction of sp³-hybridized carbons (Fsp3) is 0.571. The molecule has 2 rings (SSSR count). The van der Waals surface area contributed by atoms with Crippen molar-refractivity contribution in [2.75, 3.05) is 0 Å². The van der Waals surface area contributed by atoms with Crippen molar-refractivity contribution in [2.45, 2.75) is 26.1 Å². The first-order chi connectivity index (χ1) is 5.20. The highest BCUT2D eigenvalue weighted by Crippen LogP contribution is 2.13. The van der Waals surface area contributed by atoms with Crippen LogP contribution in [0.1, 0.15) is 13.8 Å². The molecular weight excluding hydrogens is 140 g/mol. The normalized spacial score (nSPS) is 35.4. The minimum Gasteiger partial charge on any atom is -0.306 e. The van der Waals surface area contributed by atoms with E-state index in [1.165, 1.54) is 5.71 Å². The lowest BCUT2D eigenvalue weighted by Crippen LogP contribution is -2.67. The zero-order valence-electron chi connectivity index (χ0n) is 6.78. The molecule has 1 fully saturated rings. The Bertz CT molecular complexity index is 243. The molecule has 2 unspecified atom stereocenters. The van der Waals surface area contributed by atoms with Gasteiger partial charge in [0, 0.05) is 6.20 Å². The highest BCUT2D eigenvalue weighted by Gasteiger charge is 2.50. The van der Waals surface area contributed by atoms with Gasteiger partial charge in [-0.25, -0.2) is 5.84 Å². The molecule has 0 bridgehead atoms. The number of allylic oxidation sites excluding steroid dienone is 1. The van der Waals surface area contributed by atoms with E-state index >= 15 is 0 Å². The quantitative estimate of drug-likeness (QED) is 0.338. The van der Waals surface area contributed by atoms with Gasteiger partial charge < -0.3 is 5.32 Å². The number of hydrogen-bond acceptors (Lipinski definition) is 3. The summed E-state index contributed by atoms with van der Waals surface area (Å²) in [7, 11) is 0. The van der Waals surface area contributed by atoms with E-state index in [-0.39, 0.29) is 0 Å². The maximum atomic E-state index is 5.79. The average Bonchev–Trinajstić information content (AvgIpc) is 2.75. The van der Waals surface area contributed by atoms with Crippen LogP contribution in [0, 0.1) is 0 Å². The molecule has 0 saturated carbocycles. The molecule has 2 heterocycles. The number of hydrazine groups is 1. The van der Waals surface area contributed by atoms with Crippen molar-refractivity contribution in [3.8, 4) is 0 Å². The largest absolute Gasteiger partial charge is 0.306 e. The molecule has 4 nitrogen and oxygen atoms in total. The molecule has 4 N–H and O–H groups in total. The number of fused-ring (bicyclic) bond motifs is 1. The Hall–Kier alpha value is -0.870. The van der Waals surface area contributed by atoms with Crippen molar-refractivity contribution < 1.29 is 5.32 Å². The second-order valence-corrected chi connectivity index (χ2v) is 3.16. The second-order valence-electron chi connectivity index (χ2n) is 3.16. The Labute approximate surface area is 65.7 Å². The summed E-state index contributed by atoms with van der Waals surface area (Å²) in [4.78, 5) is 4.28. The Morgan fingerprint density at radius 3 is 3.09 bits per heavy atom. The Morgan fingerprint density at radius 2 is 2.36 bits per heavy atom. The zero-order valence-corrected chi connectivity index (χ0v) is 6.78. The minimum atomic E-state index is 0.400. The average molecular weight is 153 g/mol. The predicted octanol–water partition coefficient (Wildman–Crippen LogP) is -1.23. The van der Waals surface area contributed by atoms with Crippen molar-refractivity contribution in [2.24, 2.45) is 10.8 Å². The van der Waals surface area contributed by atoms with Crippen LogP contribution in [0.3, 0.4) is 0 Å². The number of aliphatic imine (C=N–C) groups is 1. The standard InChI is InChI=1S/C7H12N4/c1-4-3-9-5(2)6-7(10-6)11(4)8/h3,6-7,10H,8H2,1-2H3/p+1. The predicted molar refractivity (Wildman–Crippen MR) is 42.4 cm³/mol. The van der Waals surface area contributed by atoms with Gasteiger partial charge in [0.1, 0.15) is 0 Å². The van der Waals surface area contributed by atoms with Crippen molar-refractivity contribution in [3.05, 3.63) is 11.9 Å². The maximum absolute atomic E-state index is 5.79. The monoisotopic (exact) mass is 153 g/mol. The van der Waals surface area contributed by atoms with Gasteiger partial charge in [-0.05, 0) is 13.8 Å². The first kappa shape index (κ1) is 6.82. The highest BCUT2D eigenvalue weighted by molar-refractivity contribution is 5.88. The fourth-order valence-electron chi connectivity index (χ4n) is 1.38. The van der Waals surface area contributed by atoms with Crippen molar-refractivity contribution >= 4 is 5.71 Å². The summed E-state index contributed by atoms with van der Waals surface area (Å²) in [6.45, 7) is 4.02. The van der Waals surface area contributed by atoms with Crippen LogP contribution >= 0.6 is 0 Å². The summed E-state index contributed by atoms with van der Waals surface area (Å²) in [5.74, 6) is 5.79. The molecular formula is C7H13N4+. The van der Waals surface area contributed by atoms with Gasteiger partial charge in [0.05, 0.1) is 11.4 Å². The number of hydrogen-bond donors (Lipinski definition) is 2. The lowest BCUT2D eigenvalue weighted by atomic mass is 10.3. The van der Waals surface area contributed by atoms with Crippen LogP contribution in [-0.2, 0) is 0 Å². The van der Waals surface area contributed by atoms with Crippen LogP contribution in [0.25, 0.3) is 0 Å². The van der Waals surface area contributed by atoms with Crippen LogP contribution in [0.2, 0.25) is 0 Å². The molecule has 2 atom stereocenters. The summed E-state index contributed by atoms with van der Waals surface area (Å²) in [5, 5.41) is 3.99. The van der Waals surface area contributed by atoms with Crippen LogP contribution in [0.4, 0.5) is 0 Å². The number of nitrogens with two attached hydrogens (primary N) is 2. The van der Waals surface area contributed by atoms with Crippen molar-refractivity contribution in [3.63, 3.8) is 0 Å². The molecule has 4 heteroatoms. The zero-order chi connectivity index (χ0) is 8.01. The van der Waals surface area contributed by atoms with E-state index in [4.69, 9.17) is 5.84 Å². The van der Waals surface area contributed by atoms with Gasteiger partial charge in [0.15, 0.2) is 0 Å². The van der Waals surface area contributed by atoms with E-state index in [9.17, 15) is 0 Å². The number of rotatable bonds is 0. The third-order valence-corrected chi connectivity index (χ3v) is 2.30. The topological polar surface area (TPSA) is 58.2 Å².